The van der Waals surface area contributed by atoms with E-state index in [4.69, 9.17) is 9.15 Å². The second-order valence-electron chi connectivity index (χ2n) is 6.54. The largest absolute Gasteiger partial charge is 0.462 e. The summed E-state index contributed by atoms with van der Waals surface area (Å²) in [5.41, 5.74) is 0.289. The van der Waals surface area contributed by atoms with Crippen LogP contribution >= 0.6 is 0 Å². The fraction of sp³-hybridized carbons (Fsp3) is 0.444. The maximum absolute atomic E-state index is 12.8. The minimum absolute atomic E-state index is 0.0317. The fourth-order valence-electron chi connectivity index (χ4n) is 3.04. The van der Waals surface area contributed by atoms with Gasteiger partial charge >= 0.3 is 12.0 Å². The first-order chi connectivity index (χ1) is 13.8. The number of carbonyl (C=O) groups excluding carboxylic acids is 2. The van der Waals surface area contributed by atoms with Gasteiger partial charge in [-0.15, -0.1) is 5.10 Å². The van der Waals surface area contributed by atoms with Gasteiger partial charge in [0.2, 0.25) is 21.8 Å². The topological polar surface area (TPSA) is 132 Å². The highest BCUT2D eigenvalue weighted by Gasteiger charge is 2.32. The number of ether oxygens (including phenoxy) is 1. The van der Waals surface area contributed by atoms with Crippen molar-refractivity contribution in [2.45, 2.75) is 31.6 Å². The number of rotatable bonds is 6. The number of esters is 1. The number of carbonyl (C=O) groups is 2. The van der Waals surface area contributed by atoms with Crippen molar-refractivity contribution in [1.29, 1.82) is 0 Å². The minimum Gasteiger partial charge on any atom is -0.462 e. The molecule has 0 unspecified atom stereocenters. The lowest BCUT2D eigenvalue weighted by Gasteiger charge is -2.30. The minimum atomic E-state index is -3.71. The van der Waals surface area contributed by atoms with Crippen molar-refractivity contribution in [3.05, 3.63) is 35.7 Å². The molecular weight excluding hydrogens is 400 g/mol. The van der Waals surface area contributed by atoms with Crippen LogP contribution in [0.1, 0.15) is 36.0 Å². The lowest BCUT2D eigenvalue weighted by molar-refractivity contribution is -0.121. The Morgan fingerprint density at radius 2 is 1.86 bits per heavy atom. The molecule has 1 N–H and O–H groups in total. The number of aromatic nitrogens is 2. The number of nitrogens with one attached hydrogen (secondary N) is 1. The van der Waals surface area contributed by atoms with Gasteiger partial charge in [-0.25, -0.2) is 13.2 Å². The molecule has 0 bridgehead atoms. The van der Waals surface area contributed by atoms with Crippen molar-refractivity contribution in [3.63, 3.8) is 0 Å². The Balaban J connectivity index is 1.60. The smallest absolute Gasteiger partial charge is 0.338 e. The third-order valence-electron chi connectivity index (χ3n) is 4.58. The number of nitrogens with zero attached hydrogens (tertiary/aromatic N) is 3. The highest BCUT2D eigenvalue weighted by Crippen LogP contribution is 2.25. The Bertz CT molecular complexity index is 978. The second-order valence-corrected chi connectivity index (χ2v) is 8.48. The van der Waals surface area contributed by atoms with Gasteiger partial charge < -0.3 is 9.15 Å². The molecule has 0 spiro atoms. The first-order valence-electron chi connectivity index (χ1n) is 9.19. The number of hydrogen-bond acceptors (Lipinski definition) is 8. The molecule has 0 saturated carbocycles. The van der Waals surface area contributed by atoms with E-state index < -0.39 is 16.0 Å². The van der Waals surface area contributed by atoms with Gasteiger partial charge in [0.25, 0.3) is 0 Å². The van der Waals surface area contributed by atoms with Gasteiger partial charge in [0.15, 0.2) is 0 Å². The normalized spacial score (nSPS) is 15.8. The summed E-state index contributed by atoms with van der Waals surface area (Å²) in [6, 6.07) is 5.66. The Hall–Kier alpha value is -2.79. The summed E-state index contributed by atoms with van der Waals surface area (Å²) in [4.78, 5) is 24.1. The van der Waals surface area contributed by atoms with Crippen molar-refractivity contribution in [3.8, 4) is 0 Å². The lowest BCUT2D eigenvalue weighted by Crippen LogP contribution is -2.41. The standard InChI is InChI=1S/C18H22N4O6S/c1-3-27-17(24)14-4-6-15(7-5-14)29(25,26)22-10-8-13(9-11-22)16(23)19-18-21-20-12(2)28-18/h4-7,13H,3,8-11H2,1-2H3,(H,19,21,23). The molecule has 0 aliphatic carbocycles. The van der Waals surface area contributed by atoms with E-state index in [9.17, 15) is 18.0 Å². The molecule has 1 aromatic carbocycles. The lowest BCUT2D eigenvalue weighted by atomic mass is 9.97. The highest BCUT2D eigenvalue weighted by molar-refractivity contribution is 7.89. The van der Waals surface area contributed by atoms with Crippen LogP contribution < -0.4 is 5.32 Å². The molecule has 1 aliphatic heterocycles. The molecule has 1 aromatic heterocycles. The van der Waals surface area contributed by atoms with Gasteiger partial charge in [-0.3, -0.25) is 10.1 Å². The number of sulfonamides is 1. The van der Waals surface area contributed by atoms with Crippen LogP contribution in [-0.4, -0.2) is 54.5 Å². The van der Waals surface area contributed by atoms with Gasteiger partial charge in [-0.1, -0.05) is 5.10 Å². The molecule has 3 rings (SSSR count). The Kier molecular flexibility index (Phi) is 6.28. The fourth-order valence-corrected chi connectivity index (χ4v) is 4.51. The third kappa shape index (κ3) is 4.80. The van der Waals surface area contributed by atoms with Crippen LogP contribution in [0.3, 0.4) is 0 Å². The Labute approximate surface area is 168 Å². The van der Waals surface area contributed by atoms with E-state index >= 15 is 0 Å². The summed E-state index contributed by atoms with van der Waals surface area (Å²) >= 11 is 0. The van der Waals surface area contributed by atoms with E-state index in [2.05, 4.69) is 15.5 Å². The maximum atomic E-state index is 12.8. The monoisotopic (exact) mass is 422 g/mol. The van der Waals surface area contributed by atoms with Crippen LogP contribution in [0.5, 0.6) is 0 Å². The van der Waals surface area contributed by atoms with E-state index in [0.29, 0.717) is 18.7 Å². The summed E-state index contributed by atoms with van der Waals surface area (Å²) in [6.07, 6.45) is 0.748. The molecule has 1 fully saturated rings. The van der Waals surface area contributed by atoms with E-state index in [0.717, 1.165) is 0 Å². The van der Waals surface area contributed by atoms with Crippen molar-refractivity contribution in [2.24, 2.45) is 5.92 Å². The molecule has 10 nitrogen and oxygen atoms in total. The van der Waals surface area contributed by atoms with Crippen molar-refractivity contribution < 1.29 is 27.2 Å². The molecule has 0 radical (unpaired) electrons. The summed E-state index contributed by atoms with van der Waals surface area (Å²) in [5, 5.41) is 9.91. The van der Waals surface area contributed by atoms with Crippen LogP contribution in [-0.2, 0) is 19.6 Å². The highest BCUT2D eigenvalue weighted by atomic mass is 32.2. The number of anilines is 1. The van der Waals surface area contributed by atoms with Crippen LogP contribution in [0.2, 0.25) is 0 Å². The second kappa shape index (κ2) is 8.70. The van der Waals surface area contributed by atoms with Crippen LogP contribution in [0, 0.1) is 12.8 Å². The predicted molar refractivity (Wildman–Crippen MR) is 102 cm³/mol. The number of piperidine rings is 1. The van der Waals surface area contributed by atoms with Gasteiger partial charge in [0.05, 0.1) is 17.1 Å². The van der Waals surface area contributed by atoms with Gasteiger partial charge in [0.1, 0.15) is 0 Å². The number of aryl methyl sites for hydroxylation is 1. The average Bonchev–Trinajstić information content (AvgIpc) is 3.13. The first-order valence-corrected chi connectivity index (χ1v) is 10.6. The zero-order valence-corrected chi connectivity index (χ0v) is 16.9. The Morgan fingerprint density at radius 3 is 2.41 bits per heavy atom. The zero-order valence-electron chi connectivity index (χ0n) is 16.1. The molecule has 1 saturated heterocycles. The van der Waals surface area contributed by atoms with E-state index in [1.807, 2.05) is 0 Å². The zero-order chi connectivity index (χ0) is 21.0. The molecule has 2 heterocycles. The van der Waals surface area contributed by atoms with Gasteiger partial charge in [0, 0.05) is 25.9 Å². The van der Waals surface area contributed by atoms with Gasteiger partial charge in [-0.2, -0.15) is 4.31 Å². The molecule has 0 atom stereocenters. The SMILES string of the molecule is CCOC(=O)c1ccc(S(=O)(=O)N2CCC(C(=O)Nc3nnc(C)o3)CC2)cc1. The van der Waals surface area contributed by atoms with Crippen LogP contribution in [0.25, 0.3) is 0 Å². The Morgan fingerprint density at radius 1 is 1.21 bits per heavy atom. The molecule has 2 aromatic rings. The number of benzene rings is 1. The molecule has 11 heteroatoms. The number of hydrogen-bond donors (Lipinski definition) is 1. The molecule has 1 aliphatic rings. The molecule has 1 amide bonds. The van der Waals surface area contributed by atoms with E-state index in [1.165, 1.54) is 28.6 Å². The number of amides is 1. The maximum Gasteiger partial charge on any atom is 0.338 e. The van der Waals surface area contributed by atoms with E-state index in [-0.39, 0.29) is 48.0 Å². The average molecular weight is 422 g/mol. The molecule has 156 valence electrons. The van der Waals surface area contributed by atoms with Crippen molar-refractivity contribution in [1.82, 2.24) is 14.5 Å². The molecular formula is C18H22N4O6S. The summed E-state index contributed by atoms with van der Waals surface area (Å²) in [7, 11) is -3.71. The summed E-state index contributed by atoms with van der Waals surface area (Å²) in [5.74, 6) is -0.778. The quantitative estimate of drug-likeness (QED) is 0.694. The van der Waals surface area contributed by atoms with Crippen LogP contribution in [0.15, 0.2) is 33.6 Å². The van der Waals surface area contributed by atoms with Crippen molar-refractivity contribution in [2.75, 3.05) is 25.0 Å². The first kappa shape index (κ1) is 20.9. The third-order valence-corrected chi connectivity index (χ3v) is 6.50. The summed E-state index contributed by atoms with van der Waals surface area (Å²) in [6.45, 7) is 3.98. The van der Waals surface area contributed by atoms with Gasteiger partial charge in [-0.05, 0) is 44.0 Å². The van der Waals surface area contributed by atoms with Crippen LogP contribution in [0.4, 0.5) is 6.01 Å². The van der Waals surface area contributed by atoms with Crippen molar-refractivity contribution >= 4 is 27.9 Å². The predicted octanol–water partition coefficient (Wildman–Crippen LogP) is 1.59. The summed E-state index contributed by atoms with van der Waals surface area (Å²) < 4.78 is 37.0. The molecule has 29 heavy (non-hydrogen) atoms. The van der Waals surface area contributed by atoms with E-state index in [1.54, 1.807) is 13.8 Å².